The molecule has 0 aromatic heterocycles. The van der Waals surface area contributed by atoms with Crippen LogP contribution in [-0.4, -0.2) is 31.1 Å². The van der Waals surface area contributed by atoms with Crippen LogP contribution >= 0.6 is 24.0 Å². The first-order valence-corrected chi connectivity index (χ1v) is 7.12. The first-order chi connectivity index (χ1) is 10.2. The summed E-state index contributed by atoms with van der Waals surface area (Å²) in [6.45, 7) is 7.57. The molecule has 130 valence electrons. The zero-order chi connectivity index (χ0) is 16.8. The number of carbonyl (C=O) groups is 1. The topological polar surface area (TPSA) is 62.7 Å². The highest BCUT2D eigenvalue weighted by molar-refractivity contribution is 14.0. The van der Waals surface area contributed by atoms with Crippen molar-refractivity contribution in [3.8, 4) is 0 Å². The number of aryl methyl sites for hydroxylation is 1. The maximum atomic E-state index is 13.5. The fourth-order valence-corrected chi connectivity index (χ4v) is 1.69. The molecule has 0 bridgehead atoms. The van der Waals surface area contributed by atoms with Gasteiger partial charge in [-0.15, -0.1) is 24.0 Å². The molecular formula is C16H25FIN3O2. The normalized spacial score (nSPS) is 11.5. The van der Waals surface area contributed by atoms with Crippen molar-refractivity contribution >= 4 is 35.9 Å². The Balaban J connectivity index is 0.00000484. The minimum Gasteiger partial charge on any atom is -0.459 e. The van der Waals surface area contributed by atoms with E-state index in [1.165, 1.54) is 6.07 Å². The van der Waals surface area contributed by atoms with Crippen LogP contribution in [-0.2, 0) is 16.1 Å². The number of hydrogen-bond acceptors (Lipinski definition) is 3. The Labute approximate surface area is 154 Å². The van der Waals surface area contributed by atoms with Gasteiger partial charge >= 0.3 is 5.97 Å². The predicted octanol–water partition coefficient (Wildman–Crippen LogP) is 2.76. The van der Waals surface area contributed by atoms with Gasteiger partial charge in [0, 0.05) is 13.6 Å². The Kier molecular flexibility index (Phi) is 9.11. The smallest absolute Gasteiger partial charge is 0.325 e. The first kappa shape index (κ1) is 21.6. The largest absolute Gasteiger partial charge is 0.459 e. The van der Waals surface area contributed by atoms with E-state index >= 15 is 0 Å². The van der Waals surface area contributed by atoms with Crippen LogP contribution < -0.4 is 10.6 Å². The second-order valence-electron chi connectivity index (χ2n) is 5.95. The quantitative estimate of drug-likeness (QED) is 0.329. The summed E-state index contributed by atoms with van der Waals surface area (Å²) in [6.07, 6.45) is 0. The molecule has 0 amide bonds. The Hall–Kier alpha value is -1.38. The number of nitrogens with zero attached hydrogens (tertiary/aromatic N) is 1. The van der Waals surface area contributed by atoms with Crippen LogP contribution in [0.15, 0.2) is 23.2 Å². The van der Waals surface area contributed by atoms with Gasteiger partial charge in [0.25, 0.3) is 0 Å². The maximum Gasteiger partial charge on any atom is 0.325 e. The fraction of sp³-hybridized carbons (Fsp3) is 0.500. The molecule has 2 N–H and O–H groups in total. The van der Waals surface area contributed by atoms with Gasteiger partial charge in [-0.25, -0.2) is 4.39 Å². The summed E-state index contributed by atoms with van der Waals surface area (Å²) in [5.41, 5.74) is 0.884. The molecule has 0 atom stereocenters. The van der Waals surface area contributed by atoms with Crippen molar-refractivity contribution in [2.45, 2.75) is 39.8 Å². The van der Waals surface area contributed by atoms with E-state index in [0.717, 1.165) is 5.56 Å². The maximum absolute atomic E-state index is 13.5. The van der Waals surface area contributed by atoms with Gasteiger partial charge in [0.2, 0.25) is 0 Å². The van der Waals surface area contributed by atoms with Gasteiger partial charge in [0.05, 0.1) is 0 Å². The Bertz CT molecular complexity index is 557. The van der Waals surface area contributed by atoms with E-state index in [1.54, 1.807) is 20.0 Å². The molecule has 0 fully saturated rings. The summed E-state index contributed by atoms with van der Waals surface area (Å²) < 4.78 is 18.7. The van der Waals surface area contributed by atoms with Crippen LogP contribution in [0.25, 0.3) is 0 Å². The molecule has 0 aliphatic carbocycles. The third-order valence-electron chi connectivity index (χ3n) is 2.74. The minimum absolute atomic E-state index is 0. The number of ether oxygens (including phenoxy) is 1. The Morgan fingerprint density at radius 2 is 1.96 bits per heavy atom. The number of hydrogen-bond donors (Lipinski definition) is 2. The molecule has 0 heterocycles. The lowest BCUT2D eigenvalue weighted by Crippen LogP contribution is -2.41. The van der Waals surface area contributed by atoms with Crippen LogP contribution in [0.3, 0.4) is 0 Å². The van der Waals surface area contributed by atoms with Crippen LogP contribution in [0, 0.1) is 12.7 Å². The highest BCUT2D eigenvalue weighted by Gasteiger charge is 2.16. The zero-order valence-electron chi connectivity index (χ0n) is 14.2. The number of aliphatic imine (C=N–C) groups is 1. The summed E-state index contributed by atoms with van der Waals surface area (Å²) in [4.78, 5) is 15.6. The summed E-state index contributed by atoms with van der Waals surface area (Å²) in [5, 5.41) is 5.87. The van der Waals surface area contributed by atoms with Crippen LogP contribution in [0.1, 0.15) is 31.9 Å². The van der Waals surface area contributed by atoms with Gasteiger partial charge < -0.3 is 15.4 Å². The monoisotopic (exact) mass is 437 g/mol. The van der Waals surface area contributed by atoms with Crippen LogP contribution in [0.5, 0.6) is 0 Å². The first-order valence-electron chi connectivity index (χ1n) is 7.12. The number of halogens is 2. The van der Waals surface area contributed by atoms with Crippen molar-refractivity contribution in [2.75, 3.05) is 13.6 Å². The molecule has 0 spiro atoms. The standard InChI is InChI=1S/C16H24FN3O2.HI/c1-11-6-7-12(8-13(11)17)9-19-15(18-5)20-10-14(21)22-16(2,3)4;/h6-8H,9-10H2,1-5H3,(H2,18,19,20);1H. The lowest BCUT2D eigenvalue weighted by atomic mass is 10.1. The highest BCUT2D eigenvalue weighted by Crippen LogP contribution is 2.09. The molecule has 0 radical (unpaired) electrons. The number of rotatable bonds is 4. The SMILES string of the molecule is CN=C(NCC(=O)OC(C)(C)C)NCc1ccc(C)c(F)c1.I. The third kappa shape index (κ3) is 8.73. The van der Waals surface area contributed by atoms with Gasteiger partial charge in [0.1, 0.15) is 18.0 Å². The van der Waals surface area contributed by atoms with Crippen molar-refractivity contribution in [3.63, 3.8) is 0 Å². The molecule has 0 unspecified atom stereocenters. The molecule has 23 heavy (non-hydrogen) atoms. The van der Waals surface area contributed by atoms with E-state index in [4.69, 9.17) is 4.74 Å². The summed E-state index contributed by atoms with van der Waals surface area (Å²) in [7, 11) is 1.60. The van der Waals surface area contributed by atoms with Gasteiger partial charge in [-0.3, -0.25) is 9.79 Å². The second-order valence-corrected chi connectivity index (χ2v) is 5.95. The Morgan fingerprint density at radius 1 is 1.30 bits per heavy atom. The van der Waals surface area contributed by atoms with Crippen molar-refractivity contribution < 1.29 is 13.9 Å². The number of guanidine groups is 1. The van der Waals surface area contributed by atoms with Gasteiger partial charge in [0.15, 0.2) is 5.96 Å². The van der Waals surface area contributed by atoms with E-state index in [9.17, 15) is 9.18 Å². The van der Waals surface area contributed by atoms with Crippen molar-refractivity contribution in [2.24, 2.45) is 4.99 Å². The third-order valence-corrected chi connectivity index (χ3v) is 2.74. The fourth-order valence-electron chi connectivity index (χ4n) is 1.69. The molecular weight excluding hydrogens is 412 g/mol. The van der Waals surface area contributed by atoms with E-state index in [0.29, 0.717) is 18.1 Å². The number of nitrogens with one attached hydrogen (secondary N) is 2. The van der Waals surface area contributed by atoms with Crippen molar-refractivity contribution in [1.82, 2.24) is 10.6 Å². The lowest BCUT2D eigenvalue weighted by Gasteiger charge is -2.20. The summed E-state index contributed by atoms with van der Waals surface area (Å²) in [5.74, 6) is -0.153. The lowest BCUT2D eigenvalue weighted by molar-refractivity contribution is -0.153. The molecule has 0 saturated carbocycles. The highest BCUT2D eigenvalue weighted by atomic mass is 127. The number of benzene rings is 1. The molecule has 5 nitrogen and oxygen atoms in total. The van der Waals surface area contributed by atoms with Gasteiger partial charge in [-0.05, 0) is 44.9 Å². The second kappa shape index (κ2) is 9.69. The summed E-state index contributed by atoms with van der Waals surface area (Å²) in [6, 6.07) is 5.04. The molecule has 0 aliphatic heterocycles. The summed E-state index contributed by atoms with van der Waals surface area (Å²) >= 11 is 0. The van der Waals surface area contributed by atoms with Crippen molar-refractivity contribution in [3.05, 3.63) is 35.1 Å². The van der Waals surface area contributed by atoms with Crippen molar-refractivity contribution in [1.29, 1.82) is 0 Å². The average Bonchev–Trinajstić information content (AvgIpc) is 2.41. The number of esters is 1. The molecule has 1 aromatic carbocycles. The van der Waals surface area contributed by atoms with E-state index < -0.39 is 5.60 Å². The van der Waals surface area contributed by atoms with Crippen LogP contribution in [0.2, 0.25) is 0 Å². The van der Waals surface area contributed by atoms with Gasteiger partial charge in [-0.1, -0.05) is 12.1 Å². The van der Waals surface area contributed by atoms with Crippen LogP contribution in [0.4, 0.5) is 4.39 Å². The number of carbonyl (C=O) groups excluding carboxylic acids is 1. The van der Waals surface area contributed by atoms with Gasteiger partial charge in [-0.2, -0.15) is 0 Å². The van der Waals surface area contributed by atoms with E-state index in [1.807, 2.05) is 26.8 Å². The molecule has 0 saturated heterocycles. The molecule has 0 aliphatic rings. The average molecular weight is 437 g/mol. The van der Waals surface area contributed by atoms with E-state index in [2.05, 4.69) is 15.6 Å². The molecule has 1 aromatic rings. The molecule has 7 heteroatoms. The molecule has 1 rings (SSSR count). The Morgan fingerprint density at radius 3 is 2.48 bits per heavy atom. The van der Waals surface area contributed by atoms with E-state index in [-0.39, 0.29) is 42.3 Å². The zero-order valence-corrected chi connectivity index (χ0v) is 16.5. The minimum atomic E-state index is -0.519. The predicted molar refractivity (Wildman–Crippen MR) is 101 cm³/mol.